The number of fused-ring (bicyclic) bond motifs is 2. The van der Waals surface area contributed by atoms with E-state index in [0.717, 1.165) is 24.3 Å². The summed E-state index contributed by atoms with van der Waals surface area (Å²) in [6.07, 6.45) is 0. The first-order valence-corrected chi connectivity index (χ1v) is 16.6. The second-order valence-corrected chi connectivity index (χ2v) is 13.2. The van der Waals surface area contributed by atoms with Crippen molar-refractivity contribution < 1.29 is 140 Å². The van der Waals surface area contributed by atoms with Crippen LogP contribution in [-0.4, -0.2) is 25.9 Å². The van der Waals surface area contributed by atoms with E-state index < -0.39 is 58.7 Å². The van der Waals surface area contributed by atoms with Crippen molar-refractivity contribution >= 4 is 70.2 Å². The van der Waals surface area contributed by atoms with Gasteiger partial charge in [-0.2, -0.15) is 20.5 Å². The smallest absolute Gasteiger partial charge is 0.871 e. The summed E-state index contributed by atoms with van der Waals surface area (Å²) in [5.41, 5.74) is 5.80. The third kappa shape index (κ3) is 9.96. The summed E-state index contributed by atoms with van der Waals surface area (Å²) in [6.45, 7) is 0. The molecule has 0 fully saturated rings. The number of nitrogens with zero attached hydrogens (tertiary/aromatic N) is 4. The summed E-state index contributed by atoms with van der Waals surface area (Å²) >= 11 is 0. The third-order valence-electron chi connectivity index (χ3n) is 7.31. The van der Waals surface area contributed by atoms with Crippen molar-refractivity contribution in [3.63, 3.8) is 0 Å². The predicted molar refractivity (Wildman–Crippen MR) is 166 cm³/mol. The molecule has 21 heteroatoms. The SMILES string of the molecule is Nc1ccc2c([O-])c(N=Nc3ccc(-c4ccc(N=Nc5c([O-])c(S(=O)(=O)[O-])cc6cc(S(=O)(=O)[O-])ccc56)c([O-])c4)cc3[O-])ccc2c1.[Cu+2].[Cu+2].[Na+].[Na+]. The van der Waals surface area contributed by atoms with Crippen molar-refractivity contribution in [3.8, 4) is 34.1 Å². The van der Waals surface area contributed by atoms with Crippen LogP contribution in [0.5, 0.6) is 23.0 Å². The summed E-state index contributed by atoms with van der Waals surface area (Å²) in [6, 6.07) is 19.0. The van der Waals surface area contributed by atoms with Crippen LogP contribution in [0, 0.1) is 0 Å². The maximum Gasteiger partial charge on any atom is 2.00 e. The Balaban J connectivity index is 0.00000243. The molecule has 0 saturated heterocycles. The van der Waals surface area contributed by atoms with E-state index in [2.05, 4.69) is 20.5 Å². The van der Waals surface area contributed by atoms with E-state index in [4.69, 9.17) is 5.73 Å². The van der Waals surface area contributed by atoms with Crippen molar-refractivity contribution in [3.05, 3.63) is 91.0 Å². The van der Waals surface area contributed by atoms with Gasteiger partial charge in [0.05, 0.1) is 27.6 Å². The molecule has 6 aromatic rings. The zero-order valence-electron chi connectivity index (χ0n) is 27.0. The first-order valence-electron chi connectivity index (χ1n) is 13.7. The van der Waals surface area contributed by atoms with Gasteiger partial charge >= 0.3 is 93.3 Å². The molecule has 6 rings (SSSR count). The van der Waals surface area contributed by atoms with Crippen LogP contribution in [0.1, 0.15) is 0 Å². The van der Waals surface area contributed by atoms with E-state index in [1.54, 1.807) is 24.3 Å². The molecule has 0 spiro atoms. The maximum atomic E-state index is 12.9. The molecule has 266 valence electrons. The summed E-state index contributed by atoms with van der Waals surface area (Å²) in [5, 5.41) is 67.2. The van der Waals surface area contributed by atoms with Crippen LogP contribution in [0.15, 0.2) is 121 Å². The molecule has 0 heterocycles. The second kappa shape index (κ2) is 18.0. The Hall–Kier alpha value is -3.10. The topological polar surface area (TPSA) is 282 Å². The summed E-state index contributed by atoms with van der Waals surface area (Å²) in [5.74, 6) is -3.03. The van der Waals surface area contributed by atoms with Crippen LogP contribution in [0.25, 0.3) is 32.7 Å². The normalized spacial score (nSPS) is 11.5. The maximum absolute atomic E-state index is 12.9. The van der Waals surface area contributed by atoms with E-state index in [-0.39, 0.29) is 121 Å². The number of anilines is 1. The number of nitrogen functional groups attached to an aromatic ring is 1. The first-order chi connectivity index (χ1) is 23.1. The molecule has 53 heavy (non-hydrogen) atoms. The zero-order chi connectivity index (χ0) is 35.2. The van der Waals surface area contributed by atoms with Crippen LogP contribution < -0.4 is 85.3 Å². The molecule has 0 aromatic heterocycles. The summed E-state index contributed by atoms with van der Waals surface area (Å²) < 4.78 is 69.6. The van der Waals surface area contributed by atoms with Gasteiger partial charge in [-0.05, 0) is 75.8 Å². The molecule has 2 radical (unpaired) electrons. The number of azo groups is 2. The van der Waals surface area contributed by atoms with Gasteiger partial charge in [-0.25, -0.2) is 16.8 Å². The van der Waals surface area contributed by atoms with Crippen LogP contribution in [0.2, 0.25) is 0 Å². The molecule has 15 nitrogen and oxygen atoms in total. The van der Waals surface area contributed by atoms with Gasteiger partial charge in [0.2, 0.25) is 0 Å². The molecule has 2 N–H and O–H groups in total. The predicted octanol–water partition coefficient (Wildman–Crippen LogP) is -1.82. The van der Waals surface area contributed by atoms with Gasteiger partial charge in [0.25, 0.3) is 0 Å². The fraction of sp³-hybridized carbons (Fsp3) is 0. The van der Waals surface area contributed by atoms with E-state index in [9.17, 15) is 46.4 Å². The van der Waals surface area contributed by atoms with Crippen molar-refractivity contribution in [2.24, 2.45) is 20.5 Å². The largest absolute Gasteiger partial charge is 2.00 e. The average Bonchev–Trinajstić information content (AvgIpc) is 3.03. The van der Waals surface area contributed by atoms with Crippen molar-refractivity contribution in [2.75, 3.05) is 5.73 Å². The number of hydrogen-bond donors (Lipinski definition) is 1. The number of rotatable bonds is 7. The van der Waals surface area contributed by atoms with Gasteiger partial charge in [-0.3, -0.25) is 0 Å². The van der Waals surface area contributed by atoms with Gasteiger partial charge in [-0.15, -0.1) is 0 Å². The molecule has 6 aromatic carbocycles. The molecule has 0 saturated carbocycles. The van der Waals surface area contributed by atoms with Gasteiger partial charge < -0.3 is 35.3 Å². The zero-order valence-corrected chi connectivity index (χ0v) is 34.5. The molecular formula is C32H17Cu2N5Na2O10S2. The molecule has 0 bridgehead atoms. The molecule has 0 atom stereocenters. The molecule has 0 unspecified atom stereocenters. The Morgan fingerprint density at radius 2 is 1.04 bits per heavy atom. The number of hydrogen-bond acceptors (Lipinski definition) is 15. The van der Waals surface area contributed by atoms with Gasteiger partial charge in [0, 0.05) is 16.0 Å². The van der Waals surface area contributed by atoms with E-state index >= 15 is 0 Å². The Morgan fingerprint density at radius 3 is 1.58 bits per heavy atom. The number of benzene rings is 6. The third-order valence-corrected chi connectivity index (χ3v) is 8.98. The second-order valence-electron chi connectivity index (χ2n) is 10.5. The Kier molecular flexibility index (Phi) is 15.7. The monoisotopic (exact) mass is 867 g/mol. The standard InChI is InChI=1S/C32H23N5O10S2.2Cu.2Na/c33-20-4-6-23-18(11-20)3-10-26(31(23)40)36-34-24-8-1-16(13-27(24)38)17-2-9-25(28(39)14-17)35-37-30-22-7-5-21(48(42,43)44)12-19(22)15-29(32(30)41)49(45,46)47;;;;/h1-15,38-41H,33H2,(H,42,43,44)(H,45,46,47);;;;/q;2*+2;2*+1/p-6. The van der Waals surface area contributed by atoms with E-state index in [1.165, 1.54) is 36.4 Å². The first kappa shape index (κ1) is 46.1. The Morgan fingerprint density at radius 1 is 0.509 bits per heavy atom. The molecule has 0 aliphatic rings. The number of nitrogens with two attached hydrogens (primary N) is 1. The minimum Gasteiger partial charge on any atom is -0.871 e. The minimum absolute atomic E-state index is 0. The molecule has 0 aliphatic heterocycles. The minimum atomic E-state index is -5.37. The van der Waals surface area contributed by atoms with Crippen LogP contribution in [0.4, 0.5) is 28.4 Å². The van der Waals surface area contributed by atoms with Gasteiger partial charge in [-0.1, -0.05) is 65.5 Å². The molecular weight excluding hydrogens is 852 g/mol. The quantitative estimate of drug-likeness (QED) is 0.0807. The van der Waals surface area contributed by atoms with Gasteiger partial charge in [0.1, 0.15) is 20.2 Å². The Bertz CT molecular complexity index is 2650. The summed E-state index contributed by atoms with van der Waals surface area (Å²) in [4.78, 5) is -2.02. The molecule has 0 amide bonds. The van der Waals surface area contributed by atoms with Crippen molar-refractivity contribution in [1.82, 2.24) is 0 Å². The van der Waals surface area contributed by atoms with Crippen LogP contribution in [-0.2, 0) is 54.4 Å². The van der Waals surface area contributed by atoms with E-state index in [1.807, 2.05) is 0 Å². The van der Waals surface area contributed by atoms with Crippen molar-refractivity contribution in [2.45, 2.75) is 9.79 Å². The van der Waals surface area contributed by atoms with Gasteiger partial charge in [0.15, 0.2) is 0 Å². The summed E-state index contributed by atoms with van der Waals surface area (Å²) in [7, 11) is -10.3. The van der Waals surface area contributed by atoms with Crippen LogP contribution >= 0.6 is 0 Å². The Labute approximate surface area is 367 Å². The fourth-order valence-electron chi connectivity index (χ4n) is 4.91. The van der Waals surface area contributed by atoms with E-state index in [0.29, 0.717) is 33.7 Å². The molecule has 0 aliphatic carbocycles. The fourth-order valence-corrected chi connectivity index (χ4v) is 6.01. The van der Waals surface area contributed by atoms with Crippen molar-refractivity contribution in [1.29, 1.82) is 0 Å². The van der Waals surface area contributed by atoms with Crippen LogP contribution in [0.3, 0.4) is 0 Å². The average molecular weight is 869 g/mol.